The molecule has 0 spiro atoms. The van der Waals surface area contributed by atoms with Gasteiger partial charge in [0, 0.05) is 12.1 Å². The second kappa shape index (κ2) is 5.14. The number of sulfone groups is 1. The molecule has 0 aromatic heterocycles. The smallest absolute Gasteiger partial charge is 0.309 e. The van der Waals surface area contributed by atoms with E-state index in [1.165, 1.54) is 7.11 Å². The first kappa shape index (κ1) is 13.4. The Labute approximate surface area is 96.5 Å². The van der Waals surface area contributed by atoms with E-state index in [4.69, 9.17) is 0 Å². The zero-order chi connectivity index (χ0) is 12.3. The van der Waals surface area contributed by atoms with Gasteiger partial charge < -0.3 is 10.1 Å². The van der Waals surface area contributed by atoms with Gasteiger partial charge in [-0.3, -0.25) is 4.79 Å². The van der Waals surface area contributed by atoms with Gasteiger partial charge in [0.1, 0.15) is 0 Å². The topological polar surface area (TPSA) is 72.5 Å². The molecule has 0 aromatic rings. The molecule has 0 saturated carbocycles. The summed E-state index contributed by atoms with van der Waals surface area (Å²) in [4.78, 5) is 11.3. The van der Waals surface area contributed by atoms with Gasteiger partial charge in [0.15, 0.2) is 9.84 Å². The van der Waals surface area contributed by atoms with E-state index in [1.54, 1.807) is 6.92 Å². The normalized spacial score (nSPS) is 27.3. The average molecular weight is 249 g/mol. The standard InChI is InChI=1S/C10H19NO4S/c1-7(10(12)15-3)8(2)11-9-4-5-16(13,14)6-9/h7-9,11H,4-6H2,1-3H3. The Morgan fingerprint density at radius 2 is 2.06 bits per heavy atom. The van der Waals surface area contributed by atoms with Crippen LogP contribution >= 0.6 is 0 Å². The number of rotatable bonds is 4. The number of ether oxygens (including phenoxy) is 1. The van der Waals surface area contributed by atoms with Crippen molar-refractivity contribution in [3.63, 3.8) is 0 Å². The quantitative estimate of drug-likeness (QED) is 0.708. The minimum absolute atomic E-state index is 0.0351. The van der Waals surface area contributed by atoms with Gasteiger partial charge in [0.25, 0.3) is 0 Å². The maximum Gasteiger partial charge on any atom is 0.309 e. The molecule has 16 heavy (non-hydrogen) atoms. The zero-order valence-electron chi connectivity index (χ0n) is 9.89. The fourth-order valence-corrected chi connectivity index (χ4v) is 3.52. The van der Waals surface area contributed by atoms with Crippen LogP contribution in [0.4, 0.5) is 0 Å². The summed E-state index contributed by atoms with van der Waals surface area (Å²) in [5.74, 6) is -0.135. The highest BCUT2D eigenvalue weighted by molar-refractivity contribution is 7.91. The van der Waals surface area contributed by atoms with Crippen LogP contribution in [0.5, 0.6) is 0 Å². The molecular weight excluding hydrogens is 230 g/mol. The molecule has 94 valence electrons. The Morgan fingerprint density at radius 1 is 1.44 bits per heavy atom. The molecule has 0 aromatic carbocycles. The summed E-state index contributed by atoms with van der Waals surface area (Å²) in [6.45, 7) is 3.64. The number of esters is 1. The van der Waals surface area contributed by atoms with E-state index in [-0.39, 0.29) is 35.5 Å². The highest BCUT2D eigenvalue weighted by atomic mass is 32.2. The highest BCUT2D eigenvalue weighted by Gasteiger charge is 2.30. The largest absolute Gasteiger partial charge is 0.469 e. The van der Waals surface area contributed by atoms with Crippen LogP contribution < -0.4 is 5.32 Å². The monoisotopic (exact) mass is 249 g/mol. The summed E-state index contributed by atoms with van der Waals surface area (Å²) >= 11 is 0. The molecule has 3 unspecified atom stereocenters. The Bertz CT molecular complexity index is 352. The van der Waals surface area contributed by atoms with Crippen LogP contribution in [0.25, 0.3) is 0 Å². The van der Waals surface area contributed by atoms with Gasteiger partial charge in [-0.2, -0.15) is 0 Å². The number of hydrogen-bond donors (Lipinski definition) is 1. The van der Waals surface area contributed by atoms with Gasteiger partial charge in [-0.25, -0.2) is 8.42 Å². The van der Waals surface area contributed by atoms with Crippen molar-refractivity contribution in [2.75, 3.05) is 18.6 Å². The van der Waals surface area contributed by atoms with Crippen LogP contribution in [0.3, 0.4) is 0 Å². The lowest BCUT2D eigenvalue weighted by molar-refractivity contribution is -0.145. The van der Waals surface area contributed by atoms with Crippen LogP contribution in [0.15, 0.2) is 0 Å². The van der Waals surface area contributed by atoms with Crippen molar-refractivity contribution < 1.29 is 17.9 Å². The van der Waals surface area contributed by atoms with E-state index in [1.807, 2.05) is 6.92 Å². The van der Waals surface area contributed by atoms with E-state index < -0.39 is 9.84 Å². The summed E-state index contributed by atoms with van der Waals surface area (Å²) in [6.07, 6.45) is 0.626. The molecule has 1 heterocycles. The van der Waals surface area contributed by atoms with E-state index in [0.29, 0.717) is 6.42 Å². The number of nitrogens with one attached hydrogen (secondary N) is 1. The molecule has 0 aliphatic carbocycles. The van der Waals surface area contributed by atoms with E-state index >= 15 is 0 Å². The number of carbonyl (C=O) groups excluding carboxylic acids is 1. The maximum absolute atomic E-state index is 11.3. The van der Waals surface area contributed by atoms with Crippen LogP contribution in [-0.4, -0.2) is 45.1 Å². The molecule has 1 rings (SSSR count). The molecule has 1 aliphatic heterocycles. The molecule has 1 saturated heterocycles. The third-order valence-electron chi connectivity index (χ3n) is 3.05. The second-order valence-electron chi connectivity index (χ2n) is 4.37. The van der Waals surface area contributed by atoms with E-state index in [2.05, 4.69) is 10.1 Å². The van der Waals surface area contributed by atoms with Crippen molar-refractivity contribution in [1.29, 1.82) is 0 Å². The minimum Gasteiger partial charge on any atom is -0.469 e. The first-order valence-corrected chi connectivity index (χ1v) is 7.22. The lowest BCUT2D eigenvalue weighted by atomic mass is 10.0. The minimum atomic E-state index is -2.87. The molecule has 6 heteroatoms. The van der Waals surface area contributed by atoms with Crippen LogP contribution in [0.2, 0.25) is 0 Å². The lowest BCUT2D eigenvalue weighted by Crippen LogP contribution is -2.43. The van der Waals surface area contributed by atoms with Crippen LogP contribution in [0, 0.1) is 5.92 Å². The maximum atomic E-state index is 11.3. The Kier molecular flexibility index (Phi) is 4.32. The van der Waals surface area contributed by atoms with Crippen LogP contribution in [0.1, 0.15) is 20.3 Å². The van der Waals surface area contributed by atoms with E-state index in [0.717, 1.165) is 0 Å². The van der Waals surface area contributed by atoms with Gasteiger partial charge in [0.2, 0.25) is 0 Å². The Morgan fingerprint density at radius 3 is 2.50 bits per heavy atom. The predicted octanol–water partition coefficient (Wildman–Crippen LogP) is -0.0393. The summed E-state index contributed by atoms with van der Waals surface area (Å²) in [7, 11) is -1.52. The molecule has 3 atom stereocenters. The number of methoxy groups -OCH3 is 1. The van der Waals surface area contributed by atoms with Crippen molar-refractivity contribution in [1.82, 2.24) is 5.32 Å². The third kappa shape index (κ3) is 3.45. The summed E-state index contributed by atoms with van der Waals surface area (Å²) in [5, 5.41) is 3.17. The van der Waals surface area contributed by atoms with E-state index in [9.17, 15) is 13.2 Å². The van der Waals surface area contributed by atoms with Gasteiger partial charge in [-0.15, -0.1) is 0 Å². The Hall–Kier alpha value is -0.620. The zero-order valence-corrected chi connectivity index (χ0v) is 10.7. The van der Waals surface area contributed by atoms with Crippen molar-refractivity contribution >= 4 is 15.8 Å². The molecule has 1 aliphatic rings. The number of carbonyl (C=O) groups is 1. The number of hydrogen-bond acceptors (Lipinski definition) is 5. The summed E-state index contributed by atoms with van der Waals surface area (Å²) in [5.41, 5.74) is 0. The third-order valence-corrected chi connectivity index (χ3v) is 4.82. The molecular formula is C10H19NO4S. The summed E-state index contributed by atoms with van der Waals surface area (Å²) in [6, 6.07) is -0.113. The average Bonchev–Trinajstić information content (AvgIpc) is 2.55. The Balaban J connectivity index is 2.46. The predicted molar refractivity (Wildman–Crippen MR) is 60.8 cm³/mol. The fraction of sp³-hybridized carbons (Fsp3) is 0.900. The highest BCUT2D eigenvalue weighted by Crippen LogP contribution is 2.14. The molecule has 0 radical (unpaired) electrons. The van der Waals surface area contributed by atoms with Crippen molar-refractivity contribution in [2.45, 2.75) is 32.4 Å². The molecule has 1 fully saturated rings. The SMILES string of the molecule is COC(=O)C(C)C(C)NC1CCS(=O)(=O)C1. The van der Waals surface area contributed by atoms with Gasteiger partial charge in [-0.1, -0.05) is 6.92 Å². The first-order chi connectivity index (χ1) is 7.35. The van der Waals surface area contributed by atoms with Crippen molar-refractivity contribution in [2.24, 2.45) is 5.92 Å². The summed E-state index contributed by atoms with van der Waals surface area (Å²) < 4.78 is 27.1. The molecule has 0 amide bonds. The molecule has 5 nitrogen and oxygen atoms in total. The van der Waals surface area contributed by atoms with Gasteiger partial charge in [0.05, 0.1) is 24.5 Å². The lowest BCUT2D eigenvalue weighted by Gasteiger charge is -2.22. The first-order valence-electron chi connectivity index (χ1n) is 5.40. The van der Waals surface area contributed by atoms with Gasteiger partial charge >= 0.3 is 5.97 Å². The van der Waals surface area contributed by atoms with Crippen molar-refractivity contribution in [3.8, 4) is 0 Å². The molecule has 1 N–H and O–H groups in total. The van der Waals surface area contributed by atoms with Gasteiger partial charge in [-0.05, 0) is 13.3 Å². The molecule has 0 bridgehead atoms. The van der Waals surface area contributed by atoms with Crippen molar-refractivity contribution in [3.05, 3.63) is 0 Å². The fourth-order valence-electron chi connectivity index (χ4n) is 1.83. The van der Waals surface area contributed by atoms with Crippen LogP contribution in [-0.2, 0) is 19.4 Å². The second-order valence-corrected chi connectivity index (χ2v) is 6.60.